The van der Waals surface area contributed by atoms with Crippen molar-refractivity contribution in [1.29, 1.82) is 0 Å². The number of likely N-dealkylation sites (tertiary alicyclic amines) is 1. The van der Waals surface area contributed by atoms with E-state index in [-0.39, 0.29) is 17.6 Å². The van der Waals surface area contributed by atoms with Crippen LogP contribution in [-0.2, 0) is 4.79 Å². The SMILES string of the molecule is CCCCC(=O)N1CCCC(O)C1(C)C. The normalized spacial score (nSPS) is 25.3. The molecule has 1 aliphatic rings. The lowest BCUT2D eigenvalue weighted by Gasteiger charge is -2.46. The highest BCUT2D eigenvalue weighted by atomic mass is 16.3. The Bertz CT molecular complexity index is 226. The highest BCUT2D eigenvalue weighted by Crippen LogP contribution is 2.28. The quantitative estimate of drug-likeness (QED) is 0.778. The smallest absolute Gasteiger partial charge is 0.223 e. The van der Waals surface area contributed by atoms with E-state index in [9.17, 15) is 9.90 Å². The van der Waals surface area contributed by atoms with E-state index in [4.69, 9.17) is 0 Å². The van der Waals surface area contributed by atoms with Crippen LogP contribution in [0, 0.1) is 0 Å². The fourth-order valence-corrected chi connectivity index (χ4v) is 2.17. The number of unbranched alkanes of at least 4 members (excludes halogenated alkanes) is 1. The minimum atomic E-state index is -0.386. The van der Waals surface area contributed by atoms with Crippen LogP contribution in [0.3, 0.4) is 0 Å². The summed E-state index contributed by atoms with van der Waals surface area (Å²) in [7, 11) is 0. The molecule has 0 aromatic rings. The Labute approximate surface area is 92.5 Å². The van der Waals surface area contributed by atoms with E-state index in [1.54, 1.807) is 0 Å². The molecule has 0 bridgehead atoms. The number of hydrogen-bond donors (Lipinski definition) is 1. The third kappa shape index (κ3) is 2.71. The summed E-state index contributed by atoms with van der Waals surface area (Å²) in [4.78, 5) is 13.8. The largest absolute Gasteiger partial charge is 0.391 e. The molecule has 0 aromatic heterocycles. The van der Waals surface area contributed by atoms with E-state index in [1.807, 2.05) is 18.7 Å². The Morgan fingerprint density at radius 3 is 2.80 bits per heavy atom. The van der Waals surface area contributed by atoms with Gasteiger partial charge >= 0.3 is 0 Å². The first kappa shape index (κ1) is 12.5. The topological polar surface area (TPSA) is 40.5 Å². The third-order valence-corrected chi connectivity index (χ3v) is 3.42. The van der Waals surface area contributed by atoms with Crippen molar-refractivity contribution in [2.75, 3.05) is 6.54 Å². The predicted octanol–water partition coefficient (Wildman–Crippen LogP) is 1.94. The van der Waals surface area contributed by atoms with Gasteiger partial charge < -0.3 is 10.0 Å². The fourth-order valence-electron chi connectivity index (χ4n) is 2.17. The molecule has 1 rings (SSSR count). The van der Waals surface area contributed by atoms with Crippen LogP contribution in [0.15, 0.2) is 0 Å². The first-order chi connectivity index (χ1) is 7.00. The molecule has 1 fully saturated rings. The lowest BCUT2D eigenvalue weighted by molar-refractivity contribution is -0.145. The maximum Gasteiger partial charge on any atom is 0.223 e. The van der Waals surface area contributed by atoms with Gasteiger partial charge in [-0.1, -0.05) is 13.3 Å². The molecule has 0 radical (unpaired) electrons. The number of hydrogen-bond acceptors (Lipinski definition) is 2. The summed E-state index contributed by atoms with van der Waals surface area (Å²) in [5, 5.41) is 9.89. The number of amides is 1. The molecule has 0 aromatic carbocycles. The zero-order valence-electron chi connectivity index (χ0n) is 10.1. The van der Waals surface area contributed by atoms with Crippen molar-refractivity contribution < 1.29 is 9.90 Å². The number of nitrogens with zero attached hydrogens (tertiary/aromatic N) is 1. The van der Waals surface area contributed by atoms with E-state index < -0.39 is 0 Å². The van der Waals surface area contributed by atoms with Crippen LogP contribution in [0.4, 0.5) is 0 Å². The summed E-state index contributed by atoms with van der Waals surface area (Å²) in [6, 6.07) is 0. The average Bonchev–Trinajstić information content (AvgIpc) is 2.18. The molecule has 0 saturated carbocycles. The van der Waals surface area contributed by atoms with Gasteiger partial charge in [0.05, 0.1) is 11.6 Å². The van der Waals surface area contributed by atoms with E-state index in [0.29, 0.717) is 6.42 Å². The fraction of sp³-hybridized carbons (Fsp3) is 0.917. The van der Waals surface area contributed by atoms with Crippen molar-refractivity contribution in [1.82, 2.24) is 4.90 Å². The second-order valence-corrected chi connectivity index (χ2v) is 4.96. The van der Waals surface area contributed by atoms with Gasteiger partial charge in [-0.05, 0) is 33.1 Å². The molecule has 1 N–H and O–H groups in total. The van der Waals surface area contributed by atoms with Gasteiger partial charge in [-0.3, -0.25) is 4.79 Å². The van der Waals surface area contributed by atoms with Gasteiger partial charge in [0, 0.05) is 13.0 Å². The summed E-state index contributed by atoms with van der Waals surface area (Å²) < 4.78 is 0. The Hall–Kier alpha value is -0.570. The molecule has 1 aliphatic heterocycles. The van der Waals surface area contributed by atoms with Crippen LogP contribution in [0.5, 0.6) is 0 Å². The molecular weight excluding hydrogens is 190 g/mol. The van der Waals surface area contributed by atoms with E-state index in [2.05, 4.69) is 6.92 Å². The third-order valence-electron chi connectivity index (χ3n) is 3.42. The van der Waals surface area contributed by atoms with Crippen molar-refractivity contribution in [3.63, 3.8) is 0 Å². The maximum atomic E-state index is 11.9. The minimum Gasteiger partial charge on any atom is -0.391 e. The van der Waals surface area contributed by atoms with E-state index in [1.165, 1.54) is 0 Å². The van der Waals surface area contributed by atoms with Crippen molar-refractivity contribution in [3.8, 4) is 0 Å². The number of aliphatic hydroxyl groups excluding tert-OH is 1. The Balaban J connectivity index is 2.62. The molecule has 3 nitrogen and oxygen atoms in total. The molecule has 1 saturated heterocycles. The molecule has 0 aliphatic carbocycles. The van der Waals surface area contributed by atoms with Crippen LogP contribution >= 0.6 is 0 Å². The van der Waals surface area contributed by atoms with Crippen LogP contribution in [-0.4, -0.2) is 34.1 Å². The molecule has 15 heavy (non-hydrogen) atoms. The van der Waals surface area contributed by atoms with Gasteiger partial charge in [-0.25, -0.2) is 0 Å². The number of aliphatic hydroxyl groups is 1. The zero-order chi connectivity index (χ0) is 11.5. The van der Waals surface area contributed by atoms with Crippen LogP contribution in [0.2, 0.25) is 0 Å². The standard InChI is InChI=1S/C12H23NO2/c1-4-5-8-11(15)13-9-6-7-10(14)12(13,2)3/h10,14H,4-9H2,1-3H3. The van der Waals surface area contributed by atoms with Gasteiger partial charge in [-0.15, -0.1) is 0 Å². The van der Waals surface area contributed by atoms with Gasteiger partial charge in [0.2, 0.25) is 5.91 Å². The van der Waals surface area contributed by atoms with E-state index >= 15 is 0 Å². The lowest BCUT2D eigenvalue weighted by atomic mass is 9.87. The van der Waals surface area contributed by atoms with Crippen LogP contribution < -0.4 is 0 Å². The van der Waals surface area contributed by atoms with Crippen molar-refractivity contribution in [2.45, 2.75) is 64.5 Å². The maximum absolute atomic E-state index is 11.9. The number of rotatable bonds is 3. The monoisotopic (exact) mass is 213 g/mol. The Kier molecular flexibility index (Phi) is 4.14. The number of carbonyl (C=O) groups excluding carboxylic acids is 1. The van der Waals surface area contributed by atoms with Gasteiger partial charge in [0.1, 0.15) is 0 Å². The number of carbonyl (C=O) groups is 1. The first-order valence-corrected chi connectivity index (χ1v) is 5.98. The Morgan fingerprint density at radius 1 is 1.53 bits per heavy atom. The molecule has 3 heteroatoms. The zero-order valence-corrected chi connectivity index (χ0v) is 10.1. The van der Waals surface area contributed by atoms with Crippen LogP contribution in [0.25, 0.3) is 0 Å². The molecule has 1 heterocycles. The van der Waals surface area contributed by atoms with Crippen molar-refractivity contribution in [3.05, 3.63) is 0 Å². The minimum absolute atomic E-state index is 0.195. The number of piperidine rings is 1. The molecule has 88 valence electrons. The molecule has 0 spiro atoms. The first-order valence-electron chi connectivity index (χ1n) is 5.98. The van der Waals surface area contributed by atoms with Gasteiger partial charge in [-0.2, -0.15) is 0 Å². The van der Waals surface area contributed by atoms with Crippen LogP contribution in [0.1, 0.15) is 52.9 Å². The second kappa shape index (κ2) is 4.97. The average molecular weight is 213 g/mol. The lowest BCUT2D eigenvalue weighted by Crippen LogP contribution is -2.58. The Morgan fingerprint density at radius 2 is 2.20 bits per heavy atom. The summed E-state index contributed by atoms with van der Waals surface area (Å²) >= 11 is 0. The molecule has 1 atom stereocenters. The van der Waals surface area contributed by atoms with Crippen molar-refractivity contribution >= 4 is 5.91 Å². The highest BCUT2D eigenvalue weighted by molar-refractivity contribution is 5.77. The van der Waals surface area contributed by atoms with Gasteiger partial charge in [0.15, 0.2) is 0 Å². The summed E-state index contributed by atoms with van der Waals surface area (Å²) in [6.45, 7) is 6.80. The summed E-state index contributed by atoms with van der Waals surface area (Å²) in [5.74, 6) is 0.195. The van der Waals surface area contributed by atoms with Crippen molar-refractivity contribution in [2.24, 2.45) is 0 Å². The van der Waals surface area contributed by atoms with E-state index in [0.717, 1.165) is 32.2 Å². The molecular formula is C12H23NO2. The van der Waals surface area contributed by atoms with Gasteiger partial charge in [0.25, 0.3) is 0 Å². The summed E-state index contributed by atoms with van der Waals surface area (Å²) in [6.07, 6.45) is 3.96. The molecule has 1 unspecified atom stereocenters. The predicted molar refractivity (Wildman–Crippen MR) is 60.6 cm³/mol. The highest BCUT2D eigenvalue weighted by Gasteiger charge is 2.39. The second-order valence-electron chi connectivity index (χ2n) is 4.96. The molecule has 1 amide bonds. The summed E-state index contributed by atoms with van der Waals surface area (Å²) in [5.41, 5.74) is -0.386.